The summed E-state index contributed by atoms with van der Waals surface area (Å²) in [7, 11) is 1.45. The Morgan fingerprint density at radius 2 is 2.27 bits per heavy atom. The fourth-order valence-electron chi connectivity index (χ4n) is 1.02. The van der Waals surface area contributed by atoms with Crippen LogP contribution < -0.4 is 10.5 Å². The average molecular weight is 272 g/mol. The molecule has 0 aliphatic rings. The van der Waals surface area contributed by atoms with E-state index in [-0.39, 0.29) is 5.75 Å². The molecule has 1 aromatic rings. The maximum absolute atomic E-state index is 10.5. The zero-order valence-corrected chi connectivity index (χ0v) is 9.61. The fourth-order valence-corrected chi connectivity index (χ4v) is 1.49. The highest BCUT2D eigenvalue weighted by Crippen LogP contribution is 2.32. The van der Waals surface area contributed by atoms with Crippen molar-refractivity contribution in [3.63, 3.8) is 0 Å². The average Bonchev–Trinajstić information content (AvgIpc) is 2.16. The van der Waals surface area contributed by atoms with Gasteiger partial charge in [-0.2, -0.15) is 0 Å². The molecule has 0 heterocycles. The number of benzene rings is 1. The van der Waals surface area contributed by atoms with Crippen molar-refractivity contribution < 1.29 is 14.6 Å². The summed E-state index contributed by atoms with van der Waals surface area (Å²) in [5.74, 6) is -0.170. The Morgan fingerprint density at radius 3 is 2.80 bits per heavy atom. The van der Waals surface area contributed by atoms with Crippen LogP contribution in [0.3, 0.4) is 0 Å². The van der Waals surface area contributed by atoms with Crippen LogP contribution in [0.15, 0.2) is 22.7 Å². The summed E-state index contributed by atoms with van der Waals surface area (Å²) >= 11 is 3.24. The van der Waals surface area contributed by atoms with Crippen LogP contribution in [0.4, 0.5) is 0 Å². The molecule has 0 saturated carbocycles. The number of primary amides is 1. The van der Waals surface area contributed by atoms with Gasteiger partial charge in [0, 0.05) is 10.5 Å². The zero-order chi connectivity index (χ0) is 11.4. The molecule has 0 aliphatic heterocycles. The Balaban J connectivity index is 3.13. The molecular formula is C10H10BrNO3. The van der Waals surface area contributed by atoms with Gasteiger partial charge in [-0.3, -0.25) is 4.79 Å². The lowest BCUT2D eigenvalue weighted by molar-refractivity contribution is -0.113. The molecule has 1 rings (SSSR count). The minimum atomic E-state index is -0.533. The number of methoxy groups -OCH3 is 1. The highest BCUT2D eigenvalue weighted by Gasteiger charge is 2.05. The topological polar surface area (TPSA) is 72.5 Å². The van der Waals surface area contributed by atoms with Gasteiger partial charge in [-0.05, 0) is 23.8 Å². The van der Waals surface area contributed by atoms with Gasteiger partial charge in [-0.25, -0.2) is 0 Å². The van der Waals surface area contributed by atoms with Crippen molar-refractivity contribution in [2.24, 2.45) is 5.73 Å². The first-order valence-electron chi connectivity index (χ1n) is 4.08. The fraction of sp³-hybridized carbons (Fsp3) is 0.100. The molecule has 80 valence electrons. The largest absolute Gasteiger partial charge is 0.504 e. The number of aromatic hydroxyl groups is 1. The van der Waals surface area contributed by atoms with E-state index in [4.69, 9.17) is 10.5 Å². The van der Waals surface area contributed by atoms with Gasteiger partial charge >= 0.3 is 0 Å². The predicted molar refractivity (Wildman–Crippen MR) is 60.6 cm³/mol. The number of hydrogen-bond donors (Lipinski definition) is 2. The van der Waals surface area contributed by atoms with Crippen LogP contribution in [0, 0.1) is 0 Å². The Morgan fingerprint density at radius 1 is 1.60 bits per heavy atom. The number of amides is 1. The lowest BCUT2D eigenvalue weighted by Gasteiger charge is -2.06. The van der Waals surface area contributed by atoms with Gasteiger partial charge in [0.1, 0.15) is 0 Å². The molecule has 0 saturated heterocycles. The zero-order valence-electron chi connectivity index (χ0n) is 8.03. The van der Waals surface area contributed by atoms with Crippen molar-refractivity contribution in [1.29, 1.82) is 0 Å². The van der Waals surface area contributed by atoms with Crippen LogP contribution in [-0.2, 0) is 4.79 Å². The van der Waals surface area contributed by atoms with Crippen LogP contribution in [0.1, 0.15) is 5.56 Å². The minimum Gasteiger partial charge on any atom is -0.504 e. The number of carbonyl (C=O) groups is 1. The molecule has 1 amide bonds. The Bertz CT molecular complexity index is 415. The summed E-state index contributed by atoms with van der Waals surface area (Å²) in [6.45, 7) is 0. The molecule has 0 spiro atoms. The van der Waals surface area contributed by atoms with E-state index in [0.29, 0.717) is 15.8 Å². The van der Waals surface area contributed by atoms with E-state index in [1.165, 1.54) is 25.3 Å². The van der Waals surface area contributed by atoms with Crippen LogP contribution in [0.2, 0.25) is 0 Å². The number of ether oxygens (including phenoxy) is 1. The van der Waals surface area contributed by atoms with E-state index in [1.807, 2.05) is 0 Å². The first-order chi connectivity index (χ1) is 7.04. The maximum atomic E-state index is 10.5. The Hall–Kier alpha value is -1.49. The van der Waals surface area contributed by atoms with Crippen LogP contribution in [0.25, 0.3) is 6.08 Å². The van der Waals surface area contributed by atoms with E-state index in [9.17, 15) is 9.90 Å². The lowest BCUT2D eigenvalue weighted by Crippen LogP contribution is -2.05. The van der Waals surface area contributed by atoms with E-state index in [0.717, 1.165) is 0 Å². The van der Waals surface area contributed by atoms with Gasteiger partial charge in [0.15, 0.2) is 11.5 Å². The van der Waals surface area contributed by atoms with Gasteiger partial charge in [-0.15, -0.1) is 0 Å². The molecule has 0 atom stereocenters. The normalized spacial score (nSPS) is 10.5. The Kier molecular flexibility index (Phi) is 3.74. The van der Waals surface area contributed by atoms with E-state index < -0.39 is 5.91 Å². The van der Waals surface area contributed by atoms with Crippen molar-refractivity contribution in [2.75, 3.05) is 7.11 Å². The molecule has 0 unspecified atom stereocenters. The van der Waals surface area contributed by atoms with Gasteiger partial charge in [0.2, 0.25) is 5.91 Å². The van der Waals surface area contributed by atoms with Gasteiger partial charge in [0.25, 0.3) is 0 Å². The molecule has 0 aliphatic carbocycles. The van der Waals surface area contributed by atoms with Gasteiger partial charge in [-0.1, -0.05) is 15.9 Å². The van der Waals surface area contributed by atoms with Crippen molar-refractivity contribution in [3.05, 3.63) is 28.2 Å². The highest BCUT2D eigenvalue weighted by atomic mass is 79.9. The monoisotopic (exact) mass is 271 g/mol. The summed E-state index contributed by atoms with van der Waals surface area (Å²) in [5, 5.41) is 9.42. The van der Waals surface area contributed by atoms with Crippen molar-refractivity contribution >= 4 is 27.9 Å². The third-order valence-electron chi connectivity index (χ3n) is 1.73. The molecule has 15 heavy (non-hydrogen) atoms. The molecule has 0 bridgehead atoms. The standard InChI is InChI=1S/C10H10BrNO3/c1-15-9-4-6(2-3-10(12)14)7(11)5-8(9)13/h2-5,13H,1H3,(H2,12,14). The van der Waals surface area contributed by atoms with Crippen molar-refractivity contribution in [2.45, 2.75) is 0 Å². The number of rotatable bonds is 3. The highest BCUT2D eigenvalue weighted by molar-refractivity contribution is 9.10. The second-order valence-corrected chi connectivity index (χ2v) is 3.64. The molecule has 5 heteroatoms. The summed E-state index contributed by atoms with van der Waals surface area (Å²) in [6.07, 6.45) is 2.77. The Labute approximate surface area is 95.5 Å². The second kappa shape index (κ2) is 4.84. The van der Waals surface area contributed by atoms with E-state index in [2.05, 4.69) is 15.9 Å². The first-order valence-corrected chi connectivity index (χ1v) is 4.88. The number of nitrogens with two attached hydrogens (primary N) is 1. The summed E-state index contributed by atoms with van der Waals surface area (Å²) in [5.41, 5.74) is 5.67. The van der Waals surface area contributed by atoms with Gasteiger partial charge in [0.05, 0.1) is 7.11 Å². The molecular weight excluding hydrogens is 262 g/mol. The third-order valence-corrected chi connectivity index (χ3v) is 2.41. The third kappa shape index (κ3) is 2.99. The minimum absolute atomic E-state index is 0.0283. The second-order valence-electron chi connectivity index (χ2n) is 2.78. The van der Waals surface area contributed by atoms with Crippen LogP contribution >= 0.6 is 15.9 Å². The van der Waals surface area contributed by atoms with Crippen molar-refractivity contribution in [3.8, 4) is 11.5 Å². The summed E-state index contributed by atoms with van der Waals surface area (Å²) in [4.78, 5) is 10.5. The van der Waals surface area contributed by atoms with E-state index in [1.54, 1.807) is 6.07 Å². The molecule has 0 radical (unpaired) electrons. The number of hydrogen-bond acceptors (Lipinski definition) is 3. The quantitative estimate of drug-likeness (QED) is 0.822. The number of phenols is 1. The SMILES string of the molecule is COc1cc(C=CC(N)=O)c(Br)cc1O. The molecule has 3 N–H and O–H groups in total. The van der Waals surface area contributed by atoms with Crippen LogP contribution in [-0.4, -0.2) is 18.1 Å². The number of phenolic OH excluding ortho intramolecular Hbond substituents is 1. The predicted octanol–water partition coefficient (Wildman–Crippen LogP) is 1.66. The molecule has 1 aromatic carbocycles. The van der Waals surface area contributed by atoms with Gasteiger partial charge < -0.3 is 15.6 Å². The molecule has 4 nitrogen and oxygen atoms in total. The smallest absolute Gasteiger partial charge is 0.241 e. The lowest BCUT2D eigenvalue weighted by atomic mass is 10.2. The number of carbonyl (C=O) groups excluding carboxylic acids is 1. The van der Waals surface area contributed by atoms with E-state index >= 15 is 0 Å². The summed E-state index contributed by atoms with van der Waals surface area (Å²) < 4.78 is 5.58. The first kappa shape index (κ1) is 11.6. The molecule has 0 aromatic heterocycles. The number of halogens is 1. The summed E-state index contributed by atoms with van der Waals surface area (Å²) in [6, 6.07) is 3.08. The van der Waals surface area contributed by atoms with Crippen molar-refractivity contribution in [1.82, 2.24) is 0 Å². The molecule has 0 fully saturated rings. The maximum Gasteiger partial charge on any atom is 0.241 e. The van der Waals surface area contributed by atoms with Crippen LogP contribution in [0.5, 0.6) is 11.5 Å².